The fourth-order valence-corrected chi connectivity index (χ4v) is 3.08. The summed E-state index contributed by atoms with van der Waals surface area (Å²) in [6.07, 6.45) is 0. The summed E-state index contributed by atoms with van der Waals surface area (Å²) in [4.78, 5) is 23.6. The summed E-state index contributed by atoms with van der Waals surface area (Å²) >= 11 is 6.95. The molecule has 1 aromatic heterocycles. The molecule has 0 unspecified atom stereocenters. The monoisotopic (exact) mass is 462 g/mol. The van der Waals surface area contributed by atoms with Crippen molar-refractivity contribution < 1.29 is 23.5 Å². The molecule has 1 heterocycles. The van der Waals surface area contributed by atoms with E-state index in [9.17, 15) is 9.59 Å². The third-order valence-electron chi connectivity index (χ3n) is 3.72. The topological polar surface area (TPSA) is 116 Å². The van der Waals surface area contributed by atoms with Crippen LogP contribution in [0.3, 0.4) is 0 Å². The van der Waals surface area contributed by atoms with Crippen molar-refractivity contribution in [3.63, 3.8) is 0 Å². The Labute approximate surface area is 187 Å². The first-order valence-electron chi connectivity index (χ1n) is 9.09. The van der Waals surface area contributed by atoms with Crippen molar-refractivity contribution >= 4 is 35.2 Å². The molecule has 3 rings (SSSR count). The number of hydrazine groups is 1. The molecule has 0 atom stereocenters. The van der Waals surface area contributed by atoms with Crippen LogP contribution >= 0.6 is 23.4 Å². The van der Waals surface area contributed by atoms with Crippen LogP contribution in [0, 0.1) is 6.92 Å². The molecule has 2 N–H and O–H groups in total. The summed E-state index contributed by atoms with van der Waals surface area (Å²) in [5, 5.41) is 8.56. The Balaban J connectivity index is 1.35. The molecular weight excluding hydrogens is 444 g/mol. The van der Waals surface area contributed by atoms with E-state index in [-0.39, 0.29) is 30.1 Å². The Kier molecular flexibility index (Phi) is 8.13. The fourth-order valence-electron chi connectivity index (χ4n) is 2.27. The fraction of sp³-hybridized carbons (Fsp3) is 0.200. The minimum absolute atomic E-state index is 0.0292. The van der Waals surface area contributed by atoms with E-state index in [4.69, 9.17) is 25.5 Å². The van der Waals surface area contributed by atoms with Gasteiger partial charge in [-0.1, -0.05) is 41.6 Å². The highest BCUT2D eigenvalue weighted by Crippen LogP contribution is 2.23. The number of thioether (sulfide) groups is 1. The first-order chi connectivity index (χ1) is 15.0. The van der Waals surface area contributed by atoms with Gasteiger partial charge in [0.05, 0.1) is 5.75 Å². The van der Waals surface area contributed by atoms with Crippen LogP contribution in [0.2, 0.25) is 5.02 Å². The number of aromatic nitrogens is 2. The van der Waals surface area contributed by atoms with Crippen LogP contribution in [0.15, 0.2) is 58.2 Å². The second kappa shape index (κ2) is 11.2. The van der Waals surface area contributed by atoms with Crippen molar-refractivity contribution in [3.05, 3.63) is 65.0 Å². The molecule has 0 radical (unpaired) electrons. The van der Waals surface area contributed by atoms with Gasteiger partial charge in [0, 0.05) is 5.02 Å². The predicted molar refractivity (Wildman–Crippen MR) is 114 cm³/mol. The molecule has 0 aliphatic rings. The van der Waals surface area contributed by atoms with Crippen LogP contribution in [0.25, 0.3) is 0 Å². The second-order valence-corrected chi connectivity index (χ2v) is 7.51. The summed E-state index contributed by atoms with van der Waals surface area (Å²) in [5.74, 6) is 0.523. The molecular formula is C20H19ClN4O5S. The number of aryl methyl sites for hydroxylation is 1. The van der Waals surface area contributed by atoms with Crippen LogP contribution in [-0.4, -0.2) is 34.4 Å². The number of carbonyl (C=O) groups excluding carboxylic acids is 2. The summed E-state index contributed by atoms with van der Waals surface area (Å²) in [5.41, 5.74) is 5.44. The van der Waals surface area contributed by atoms with Gasteiger partial charge in [0.1, 0.15) is 11.5 Å². The molecule has 0 spiro atoms. The van der Waals surface area contributed by atoms with Crippen LogP contribution in [0.4, 0.5) is 0 Å². The van der Waals surface area contributed by atoms with Gasteiger partial charge in [-0.05, 0) is 42.8 Å². The maximum absolute atomic E-state index is 11.9. The molecule has 162 valence electrons. The van der Waals surface area contributed by atoms with Crippen molar-refractivity contribution in [2.75, 3.05) is 12.4 Å². The van der Waals surface area contributed by atoms with Crippen LogP contribution < -0.4 is 20.3 Å². The van der Waals surface area contributed by atoms with Gasteiger partial charge in [0.15, 0.2) is 13.2 Å². The second-order valence-electron chi connectivity index (χ2n) is 6.15. The van der Waals surface area contributed by atoms with E-state index in [1.54, 1.807) is 42.5 Å². The minimum Gasteiger partial charge on any atom is -0.484 e. The zero-order valence-electron chi connectivity index (χ0n) is 16.5. The summed E-state index contributed by atoms with van der Waals surface area (Å²) in [7, 11) is 0. The molecule has 0 saturated carbocycles. The number of para-hydroxylation sites is 1. The summed E-state index contributed by atoms with van der Waals surface area (Å²) in [6.45, 7) is 1.73. The molecule has 0 aliphatic carbocycles. The number of amides is 2. The third-order valence-corrected chi connectivity index (χ3v) is 4.77. The highest BCUT2D eigenvalue weighted by atomic mass is 35.5. The highest BCUT2D eigenvalue weighted by molar-refractivity contribution is 7.99. The number of carbonyl (C=O) groups is 2. The Morgan fingerprint density at radius 2 is 1.84 bits per heavy atom. The third kappa shape index (κ3) is 7.50. The van der Waals surface area contributed by atoms with Crippen LogP contribution in [0.5, 0.6) is 11.5 Å². The van der Waals surface area contributed by atoms with Crippen molar-refractivity contribution in [1.29, 1.82) is 0 Å². The van der Waals surface area contributed by atoms with E-state index in [1.165, 1.54) is 0 Å². The van der Waals surface area contributed by atoms with E-state index in [2.05, 4.69) is 21.0 Å². The quantitative estimate of drug-likeness (QED) is 0.368. The molecule has 3 aromatic rings. The summed E-state index contributed by atoms with van der Waals surface area (Å²) < 4.78 is 16.3. The Morgan fingerprint density at radius 3 is 2.61 bits per heavy atom. The number of hydrogen-bond donors (Lipinski definition) is 2. The van der Waals surface area contributed by atoms with E-state index in [1.807, 2.05) is 13.0 Å². The highest BCUT2D eigenvalue weighted by Gasteiger charge is 2.12. The van der Waals surface area contributed by atoms with Gasteiger partial charge in [-0.15, -0.1) is 10.2 Å². The van der Waals surface area contributed by atoms with Gasteiger partial charge in [-0.2, -0.15) is 0 Å². The lowest BCUT2D eigenvalue weighted by molar-refractivity contribution is -0.128. The number of ether oxygens (including phenoxy) is 2. The predicted octanol–water partition coefficient (Wildman–Crippen LogP) is 2.93. The number of benzene rings is 2. The molecule has 0 aliphatic heterocycles. The van der Waals surface area contributed by atoms with Crippen molar-refractivity contribution in [3.8, 4) is 11.5 Å². The van der Waals surface area contributed by atoms with Gasteiger partial charge in [-0.3, -0.25) is 20.4 Å². The lowest BCUT2D eigenvalue weighted by Gasteiger charge is -2.08. The zero-order chi connectivity index (χ0) is 22.1. The van der Waals surface area contributed by atoms with Crippen molar-refractivity contribution in [1.82, 2.24) is 21.0 Å². The first kappa shape index (κ1) is 22.4. The molecule has 31 heavy (non-hydrogen) atoms. The van der Waals surface area contributed by atoms with E-state index < -0.39 is 11.8 Å². The smallest absolute Gasteiger partial charge is 0.277 e. The van der Waals surface area contributed by atoms with E-state index >= 15 is 0 Å². The van der Waals surface area contributed by atoms with Crippen LogP contribution in [0.1, 0.15) is 11.5 Å². The zero-order valence-corrected chi connectivity index (χ0v) is 18.0. The number of halogens is 1. The Bertz CT molecular complexity index is 1030. The average Bonchev–Trinajstić information content (AvgIpc) is 3.23. The van der Waals surface area contributed by atoms with Gasteiger partial charge < -0.3 is 13.9 Å². The number of nitrogens with zero attached hydrogens (tertiary/aromatic N) is 2. The van der Waals surface area contributed by atoms with E-state index in [0.29, 0.717) is 16.5 Å². The largest absolute Gasteiger partial charge is 0.484 e. The lowest BCUT2D eigenvalue weighted by Crippen LogP contribution is -2.44. The van der Waals surface area contributed by atoms with Gasteiger partial charge >= 0.3 is 0 Å². The van der Waals surface area contributed by atoms with E-state index in [0.717, 1.165) is 17.3 Å². The SMILES string of the molecule is Cc1cc(Cl)ccc1OCc1nnc(SCC(=O)NNC(=O)COc2ccccc2)o1. The minimum atomic E-state index is -0.489. The molecule has 0 saturated heterocycles. The van der Waals surface area contributed by atoms with Gasteiger partial charge in [0.2, 0.25) is 5.91 Å². The first-order valence-corrected chi connectivity index (χ1v) is 10.5. The van der Waals surface area contributed by atoms with Crippen molar-refractivity contribution in [2.45, 2.75) is 18.8 Å². The van der Waals surface area contributed by atoms with Gasteiger partial charge in [-0.25, -0.2) is 0 Å². The molecule has 9 nitrogen and oxygen atoms in total. The average molecular weight is 463 g/mol. The molecule has 11 heteroatoms. The molecule has 2 aromatic carbocycles. The molecule has 2 amide bonds. The number of hydrogen-bond acceptors (Lipinski definition) is 8. The molecule has 0 bridgehead atoms. The summed E-state index contributed by atoms with van der Waals surface area (Å²) in [6, 6.07) is 14.1. The number of rotatable bonds is 9. The Morgan fingerprint density at radius 1 is 1.06 bits per heavy atom. The normalized spacial score (nSPS) is 10.4. The number of nitrogens with one attached hydrogen (secondary N) is 2. The molecule has 0 fully saturated rings. The van der Waals surface area contributed by atoms with Crippen LogP contribution in [-0.2, 0) is 16.2 Å². The maximum atomic E-state index is 11.9. The Hall–Kier alpha value is -3.24. The maximum Gasteiger partial charge on any atom is 0.277 e. The lowest BCUT2D eigenvalue weighted by atomic mass is 10.2. The van der Waals surface area contributed by atoms with Gasteiger partial charge in [0.25, 0.3) is 17.0 Å². The standard InChI is InChI=1S/C20H19ClN4O5S/c1-13-9-14(21)7-8-16(13)29-11-19-24-25-20(30-19)31-12-18(27)23-22-17(26)10-28-15-5-3-2-4-6-15/h2-9H,10-12H2,1H3,(H,22,26)(H,23,27). The van der Waals surface area contributed by atoms with Crippen molar-refractivity contribution in [2.24, 2.45) is 0 Å².